The molecule has 2 heterocycles. The Hall–Kier alpha value is -0.240. The number of aliphatic hydroxyl groups excluding tert-OH is 8. The van der Waals surface area contributed by atoms with E-state index in [-0.39, 0.29) is 22.9 Å². The summed E-state index contributed by atoms with van der Waals surface area (Å²) in [4.78, 5) is 0. The zero-order valence-electron chi connectivity index (χ0n) is 24.9. The molecule has 0 unspecified atom stereocenters. The van der Waals surface area contributed by atoms with Gasteiger partial charge in [-0.2, -0.15) is 16.8 Å². The van der Waals surface area contributed by atoms with E-state index in [1.807, 2.05) is 0 Å². The van der Waals surface area contributed by atoms with Gasteiger partial charge in [0.15, 0.2) is 0 Å². The predicted molar refractivity (Wildman–Crippen MR) is 175 cm³/mol. The Labute approximate surface area is 292 Å². The molecule has 26 heteroatoms. The molecule has 10 atom stereocenters. The highest BCUT2D eigenvalue weighted by atomic mass is 33.1. The molecule has 2 aliphatic rings. The monoisotopic (exact) mass is 812 g/mol. The van der Waals surface area contributed by atoms with Gasteiger partial charge in [0.1, 0.15) is 69.8 Å². The molecule has 0 aromatic carbocycles. The summed E-state index contributed by atoms with van der Waals surface area (Å²) in [7, 11) is -6.83. The van der Waals surface area contributed by atoms with Gasteiger partial charge >= 0.3 is 20.8 Å². The van der Waals surface area contributed by atoms with Gasteiger partial charge in [-0.1, -0.05) is 55.4 Å². The quantitative estimate of drug-likeness (QED) is 0.0169. The predicted octanol–water partition coefficient (Wildman–Crippen LogP) is -1.96. The Bertz CT molecular complexity index is 1150. The highest BCUT2D eigenvalue weighted by Crippen LogP contribution is 2.33. The molecule has 2 fully saturated rings. The Morgan fingerprint density at radius 2 is 0.938 bits per heavy atom. The molecule has 282 valence electrons. The SMILES string of the molecule is O=S(=O)(O)O/N=C(/CCCCSSCCCC/C(=N\OS(=O)(=O)O)S[C@@H]1O[C@H](CO)[C@@H](O)[C@H](O)[C@H]1O)S[C@@H]1O[C@H](CO)[C@@H](O)[C@H](O)[C@H]1O. The molecule has 0 spiro atoms. The molecule has 0 amide bonds. The van der Waals surface area contributed by atoms with Crippen molar-refractivity contribution < 1.29 is 84.8 Å². The molecule has 0 aromatic heterocycles. The lowest BCUT2D eigenvalue weighted by molar-refractivity contribution is -0.205. The number of thioether (sulfide) groups is 2. The zero-order valence-corrected chi connectivity index (χ0v) is 29.8. The normalized spacial score (nSPS) is 32.3. The van der Waals surface area contributed by atoms with Crippen LogP contribution in [0, 0.1) is 0 Å². The molecule has 0 radical (unpaired) electrons. The molecule has 0 aliphatic carbocycles. The maximum absolute atomic E-state index is 11.0. The molecule has 2 rings (SSSR count). The Balaban J connectivity index is 1.78. The van der Waals surface area contributed by atoms with Crippen molar-refractivity contribution >= 4 is 76.0 Å². The van der Waals surface area contributed by atoms with Crippen LogP contribution in [0.15, 0.2) is 10.3 Å². The van der Waals surface area contributed by atoms with E-state index in [0.717, 1.165) is 0 Å². The maximum atomic E-state index is 11.0. The third-order valence-corrected chi connectivity index (χ3v) is 11.9. The van der Waals surface area contributed by atoms with E-state index in [0.29, 0.717) is 60.7 Å². The first-order valence-electron chi connectivity index (χ1n) is 14.1. The molecule has 20 nitrogen and oxygen atoms in total. The van der Waals surface area contributed by atoms with Gasteiger partial charge in [-0.25, -0.2) is 8.57 Å². The lowest BCUT2D eigenvalue weighted by atomic mass is 10.0. The summed E-state index contributed by atoms with van der Waals surface area (Å²) in [6.07, 6.45) is -9.72. The van der Waals surface area contributed by atoms with E-state index in [4.69, 9.17) is 18.6 Å². The Morgan fingerprint density at radius 1 is 0.583 bits per heavy atom. The highest BCUT2D eigenvalue weighted by Gasteiger charge is 2.45. The van der Waals surface area contributed by atoms with Gasteiger partial charge < -0.3 is 50.3 Å². The Morgan fingerprint density at radius 3 is 1.25 bits per heavy atom. The molecule has 2 aliphatic heterocycles. The minimum atomic E-state index is -4.93. The van der Waals surface area contributed by atoms with E-state index in [9.17, 15) is 57.7 Å². The summed E-state index contributed by atoms with van der Waals surface area (Å²) >= 11 is 1.39. The fourth-order valence-electron chi connectivity index (χ4n) is 4.02. The third-order valence-electron chi connectivity index (χ3n) is 6.49. The number of rotatable bonds is 19. The summed E-state index contributed by atoms with van der Waals surface area (Å²) in [6, 6.07) is 0. The maximum Gasteiger partial charge on any atom is 0.466 e. The smallest absolute Gasteiger partial charge is 0.394 e. The summed E-state index contributed by atoms with van der Waals surface area (Å²) < 4.78 is 80.7. The highest BCUT2D eigenvalue weighted by molar-refractivity contribution is 8.76. The number of oxime groups is 2. The van der Waals surface area contributed by atoms with Crippen molar-refractivity contribution in [2.45, 2.75) is 98.2 Å². The number of unbranched alkanes of at least 4 members (excludes halogenated alkanes) is 2. The molecular formula is C22H40N2O18S6. The van der Waals surface area contributed by atoms with E-state index in [2.05, 4.69) is 18.9 Å². The number of nitrogens with zero attached hydrogens (tertiary/aromatic N) is 2. The number of hydrogen-bond acceptors (Lipinski definition) is 22. The van der Waals surface area contributed by atoms with Crippen LogP contribution in [0.25, 0.3) is 0 Å². The van der Waals surface area contributed by atoms with E-state index < -0.39 is 93.7 Å². The van der Waals surface area contributed by atoms with Gasteiger partial charge in [0.25, 0.3) is 0 Å². The second-order valence-corrected chi connectivity index (χ2v) is 17.2. The van der Waals surface area contributed by atoms with Crippen molar-refractivity contribution in [2.75, 3.05) is 24.7 Å². The lowest BCUT2D eigenvalue weighted by Crippen LogP contribution is -2.57. The van der Waals surface area contributed by atoms with Crippen LogP contribution >= 0.6 is 45.1 Å². The van der Waals surface area contributed by atoms with Crippen LogP contribution in [0.5, 0.6) is 0 Å². The zero-order chi connectivity index (χ0) is 36.1. The van der Waals surface area contributed by atoms with Crippen LogP contribution in [0.4, 0.5) is 0 Å². The number of aliphatic hydroxyl groups is 8. The molecule has 0 aromatic rings. The summed E-state index contributed by atoms with van der Waals surface area (Å²) in [6.45, 7) is -1.33. The first kappa shape index (κ1) is 43.9. The van der Waals surface area contributed by atoms with Crippen molar-refractivity contribution in [3.8, 4) is 0 Å². The molecule has 2 saturated heterocycles. The van der Waals surface area contributed by atoms with Gasteiger partial charge in [-0.15, -0.1) is 0 Å². The molecule has 0 saturated carbocycles. The van der Waals surface area contributed by atoms with Crippen molar-refractivity contribution in [1.29, 1.82) is 0 Å². The van der Waals surface area contributed by atoms with Gasteiger partial charge in [-0.05, 0) is 38.5 Å². The van der Waals surface area contributed by atoms with Crippen LogP contribution in [-0.2, 0) is 38.8 Å². The van der Waals surface area contributed by atoms with Crippen LogP contribution in [-0.4, -0.2) is 161 Å². The topological polar surface area (TPSA) is 332 Å². The number of ether oxygens (including phenoxy) is 2. The summed E-state index contributed by atoms with van der Waals surface area (Å²) in [5.74, 6) is 1.29. The van der Waals surface area contributed by atoms with E-state index >= 15 is 0 Å². The molecule has 0 bridgehead atoms. The average Bonchev–Trinajstić information content (AvgIpc) is 3.02. The number of hydrogen-bond donors (Lipinski definition) is 10. The fraction of sp³-hybridized carbons (Fsp3) is 0.909. The van der Waals surface area contributed by atoms with Crippen molar-refractivity contribution in [2.24, 2.45) is 10.3 Å². The Kier molecular flexibility index (Phi) is 19.5. The van der Waals surface area contributed by atoms with Crippen molar-refractivity contribution in [3.05, 3.63) is 0 Å². The summed E-state index contributed by atoms with van der Waals surface area (Å²) in [5.41, 5.74) is -2.48. The van der Waals surface area contributed by atoms with E-state index in [1.54, 1.807) is 0 Å². The second-order valence-electron chi connectivity index (χ2n) is 10.2. The first-order chi connectivity index (χ1) is 22.5. The fourth-order valence-corrected chi connectivity index (χ4v) is 8.99. The van der Waals surface area contributed by atoms with Gasteiger partial charge in [0.05, 0.1) is 13.2 Å². The van der Waals surface area contributed by atoms with Gasteiger partial charge in [-0.3, -0.25) is 9.11 Å². The first-order valence-corrected chi connectivity index (χ1v) is 21.1. The second kappa shape index (κ2) is 21.3. The van der Waals surface area contributed by atoms with Crippen LogP contribution in [0.2, 0.25) is 0 Å². The van der Waals surface area contributed by atoms with Crippen molar-refractivity contribution in [3.63, 3.8) is 0 Å². The minimum absolute atomic E-state index is 0.00774. The van der Waals surface area contributed by atoms with Crippen molar-refractivity contribution in [1.82, 2.24) is 0 Å². The minimum Gasteiger partial charge on any atom is -0.394 e. The van der Waals surface area contributed by atoms with Gasteiger partial charge in [0.2, 0.25) is 0 Å². The van der Waals surface area contributed by atoms with Crippen LogP contribution < -0.4 is 0 Å². The van der Waals surface area contributed by atoms with Crippen LogP contribution in [0.3, 0.4) is 0 Å². The third kappa shape index (κ3) is 15.6. The standard InChI is InChI=1S/C22H40N2O18S6/c25-9-11-15(27)17(29)19(31)21(39-11)45-13(23-41-47(33,34)35)5-1-3-7-43-44-8-4-2-6-14(24-42-48(36,37)38)46-22-20(32)18(30)16(28)12(10-26)40-22/h11-12,15-22,25-32H,1-10H2,(H,33,34,35)(H,36,37,38)/b23-13-,24-14+/t11-,12-,15-,16-,17+,18+,19-,20-,21+,22+/m1/s1. The van der Waals surface area contributed by atoms with Crippen LogP contribution in [0.1, 0.15) is 38.5 Å². The lowest BCUT2D eigenvalue weighted by Gasteiger charge is -2.39. The summed E-state index contributed by atoms with van der Waals surface area (Å²) in [5, 5.41) is 85.8. The molecule has 48 heavy (non-hydrogen) atoms. The molecular weight excluding hydrogens is 773 g/mol. The van der Waals surface area contributed by atoms with Gasteiger partial charge in [0, 0.05) is 11.5 Å². The average molecular weight is 813 g/mol. The largest absolute Gasteiger partial charge is 0.466 e. The molecule has 10 N–H and O–H groups in total. The van der Waals surface area contributed by atoms with E-state index in [1.165, 1.54) is 21.6 Å².